The molecule has 5 nitrogen and oxygen atoms in total. The van der Waals surface area contributed by atoms with Crippen LogP contribution in [0.2, 0.25) is 0 Å². The third-order valence-electron chi connectivity index (χ3n) is 3.55. The van der Waals surface area contributed by atoms with E-state index in [4.69, 9.17) is 4.74 Å². The van der Waals surface area contributed by atoms with E-state index in [0.717, 1.165) is 30.8 Å². The van der Waals surface area contributed by atoms with Gasteiger partial charge in [0.1, 0.15) is 17.7 Å². The van der Waals surface area contributed by atoms with E-state index < -0.39 is 0 Å². The minimum atomic E-state index is 0.0576. The van der Waals surface area contributed by atoms with Crippen molar-refractivity contribution in [3.8, 4) is 11.9 Å². The summed E-state index contributed by atoms with van der Waals surface area (Å²) in [6.45, 7) is 7.69. The number of rotatable bonds is 2. The van der Waals surface area contributed by atoms with Gasteiger partial charge in [0.2, 0.25) is 0 Å². The number of ether oxygens (including phenoxy) is 1. The van der Waals surface area contributed by atoms with Crippen LogP contribution in [0.5, 0.6) is 5.88 Å². The molecular formula is C13H18N4O. The normalized spacial score (nSPS) is 23.4. The average Bonchev–Trinajstić information content (AvgIpc) is 2.37. The van der Waals surface area contributed by atoms with E-state index in [1.54, 1.807) is 0 Å². The molecule has 1 N–H and O–H groups in total. The molecule has 1 aromatic rings. The summed E-state index contributed by atoms with van der Waals surface area (Å²) in [4.78, 5) is 0. The highest BCUT2D eigenvalue weighted by Gasteiger charge is 2.25. The topological polar surface area (TPSA) is 70.8 Å². The molecule has 5 heteroatoms. The molecule has 18 heavy (non-hydrogen) atoms. The van der Waals surface area contributed by atoms with Gasteiger partial charge in [-0.25, -0.2) is 0 Å². The average molecular weight is 246 g/mol. The Kier molecular flexibility index (Phi) is 3.78. The molecule has 2 rings (SSSR count). The first-order chi connectivity index (χ1) is 8.63. The lowest BCUT2D eigenvalue weighted by Gasteiger charge is -2.29. The second-order valence-corrected chi connectivity index (χ2v) is 4.83. The van der Waals surface area contributed by atoms with Gasteiger partial charge in [0.15, 0.2) is 0 Å². The lowest BCUT2D eigenvalue weighted by molar-refractivity contribution is 0.108. The van der Waals surface area contributed by atoms with E-state index in [9.17, 15) is 5.26 Å². The van der Waals surface area contributed by atoms with Crippen molar-refractivity contribution in [2.75, 3.05) is 13.1 Å². The molecule has 96 valence electrons. The van der Waals surface area contributed by atoms with Crippen molar-refractivity contribution < 1.29 is 4.74 Å². The molecule has 0 saturated carbocycles. The van der Waals surface area contributed by atoms with Crippen LogP contribution >= 0.6 is 0 Å². The molecule has 2 atom stereocenters. The van der Waals surface area contributed by atoms with Crippen LogP contribution in [0.15, 0.2) is 0 Å². The number of hydrogen-bond donors (Lipinski definition) is 1. The molecule has 0 bridgehead atoms. The lowest BCUT2D eigenvalue weighted by atomic mass is 9.97. The zero-order valence-corrected chi connectivity index (χ0v) is 11.0. The van der Waals surface area contributed by atoms with Crippen LogP contribution in [0, 0.1) is 31.1 Å². The van der Waals surface area contributed by atoms with Crippen molar-refractivity contribution >= 4 is 0 Å². The molecule has 1 aliphatic heterocycles. The van der Waals surface area contributed by atoms with Gasteiger partial charge in [-0.15, -0.1) is 5.10 Å². The molecular weight excluding hydrogens is 228 g/mol. The molecule has 0 amide bonds. The molecule has 0 radical (unpaired) electrons. The Hall–Kier alpha value is -1.67. The summed E-state index contributed by atoms with van der Waals surface area (Å²) in [5.41, 5.74) is 2.12. The highest BCUT2D eigenvalue weighted by Crippen LogP contribution is 2.23. The second-order valence-electron chi connectivity index (χ2n) is 4.83. The standard InChI is InChI=1S/C13H18N4O/c1-8-4-5-15-7-12(8)18-13-11(6-14)9(2)10(3)16-17-13/h8,12,15H,4-5,7H2,1-3H3. The number of nitriles is 1. The van der Waals surface area contributed by atoms with Gasteiger partial charge >= 0.3 is 0 Å². The van der Waals surface area contributed by atoms with Crippen molar-refractivity contribution in [3.05, 3.63) is 16.8 Å². The molecule has 0 aromatic carbocycles. The van der Waals surface area contributed by atoms with Gasteiger partial charge in [-0.05, 0) is 38.3 Å². The van der Waals surface area contributed by atoms with E-state index in [1.165, 1.54) is 0 Å². The van der Waals surface area contributed by atoms with Crippen molar-refractivity contribution in [2.24, 2.45) is 5.92 Å². The minimum Gasteiger partial charge on any atom is -0.471 e. The number of hydrogen-bond acceptors (Lipinski definition) is 5. The van der Waals surface area contributed by atoms with E-state index in [1.807, 2.05) is 13.8 Å². The summed E-state index contributed by atoms with van der Waals surface area (Å²) < 4.78 is 5.87. The predicted molar refractivity (Wildman–Crippen MR) is 67.3 cm³/mol. The molecule has 2 unspecified atom stereocenters. The summed E-state index contributed by atoms with van der Waals surface area (Å²) in [6, 6.07) is 2.16. The first-order valence-corrected chi connectivity index (χ1v) is 6.24. The van der Waals surface area contributed by atoms with E-state index in [2.05, 4.69) is 28.5 Å². The Balaban J connectivity index is 2.24. The molecule has 2 heterocycles. The van der Waals surface area contributed by atoms with Crippen LogP contribution in [0.1, 0.15) is 30.2 Å². The molecule has 1 saturated heterocycles. The highest BCUT2D eigenvalue weighted by molar-refractivity contribution is 5.45. The van der Waals surface area contributed by atoms with Crippen LogP contribution in [0.3, 0.4) is 0 Å². The molecule has 0 aliphatic carbocycles. The second kappa shape index (κ2) is 5.32. The maximum atomic E-state index is 9.21. The Labute approximate surface area is 107 Å². The fourth-order valence-electron chi connectivity index (χ4n) is 2.06. The maximum absolute atomic E-state index is 9.21. The minimum absolute atomic E-state index is 0.0576. The van der Waals surface area contributed by atoms with Crippen LogP contribution in [0.25, 0.3) is 0 Å². The van der Waals surface area contributed by atoms with E-state index >= 15 is 0 Å². The number of aryl methyl sites for hydroxylation is 1. The third kappa shape index (κ3) is 2.44. The summed E-state index contributed by atoms with van der Waals surface area (Å²) >= 11 is 0. The van der Waals surface area contributed by atoms with Gasteiger partial charge in [-0.1, -0.05) is 6.92 Å². The van der Waals surface area contributed by atoms with E-state index in [-0.39, 0.29) is 6.10 Å². The molecule has 1 aliphatic rings. The predicted octanol–water partition coefficient (Wildman–Crippen LogP) is 1.34. The van der Waals surface area contributed by atoms with Gasteiger partial charge < -0.3 is 10.1 Å². The Bertz CT molecular complexity index is 481. The molecule has 0 spiro atoms. The van der Waals surface area contributed by atoms with Crippen molar-refractivity contribution in [1.29, 1.82) is 5.26 Å². The van der Waals surface area contributed by atoms with Crippen LogP contribution in [-0.2, 0) is 0 Å². The van der Waals surface area contributed by atoms with E-state index in [0.29, 0.717) is 17.4 Å². The Morgan fingerprint density at radius 2 is 2.17 bits per heavy atom. The largest absolute Gasteiger partial charge is 0.471 e. The van der Waals surface area contributed by atoms with Crippen molar-refractivity contribution in [1.82, 2.24) is 15.5 Å². The fourth-order valence-corrected chi connectivity index (χ4v) is 2.06. The highest BCUT2D eigenvalue weighted by atomic mass is 16.5. The Morgan fingerprint density at radius 1 is 1.39 bits per heavy atom. The number of nitrogens with zero attached hydrogens (tertiary/aromatic N) is 3. The van der Waals surface area contributed by atoms with Crippen molar-refractivity contribution in [3.63, 3.8) is 0 Å². The maximum Gasteiger partial charge on any atom is 0.252 e. The number of piperidine rings is 1. The zero-order valence-electron chi connectivity index (χ0n) is 11.0. The quantitative estimate of drug-likeness (QED) is 0.852. The number of nitrogens with one attached hydrogen (secondary N) is 1. The summed E-state index contributed by atoms with van der Waals surface area (Å²) in [6.07, 6.45) is 1.13. The molecule has 1 aromatic heterocycles. The summed E-state index contributed by atoms with van der Waals surface area (Å²) in [5.74, 6) is 0.822. The first-order valence-electron chi connectivity index (χ1n) is 6.24. The smallest absolute Gasteiger partial charge is 0.252 e. The number of aromatic nitrogens is 2. The third-order valence-corrected chi connectivity index (χ3v) is 3.55. The fraction of sp³-hybridized carbons (Fsp3) is 0.615. The van der Waals surface area contributed by atoms with Crippen LogP contribution < -0.4 is 10.1 Å². The van der Waals surface area contributed by atoms with Gasteiger partial charge in [0.25, 0.3) is 5.88 Å². The van der Waals surface area contributed by atoms with Gasteiger partial charge in [-0.3, -0.25) is 0 Å². The zero-order chi connectivity index (χ0) is 13.1. The van der Waals surface area contributed by atoms with Crippen LogP contribution in [-0.4, -0.2) is 29.4 Å². The monoisotopic (exact) mass is 246 g/mol. The van der Waals surface area contributed by atoms with Gasteiger partial charge in [-0.2, -0.15) is 10.4 Å². The SMILES string of the molecule is Cc1nnc(OC2CNCCC2C)c(C#N)c1C. The van der Waals surface area contributed by atoms with Crippen LogP contribution in [0.4, 0.5) is 0 Å². The van der Waals surface area contributed by atoms with Crippen molar-refractivity contribution in [2.45, 2.75) is 33.3 Å². The van der Waals surface area contributed by atoms with Gasteiger partial charge in [0, 0.05) is 6.54 Å². The first kappa shape index (κ1) is 12.8. The summed E-state index contributed by atoms with van der Waals surface area (Å²) in [5, 5.41) is 20.5. The van der Waals surface area contributed by atoms with Gasteiger partial charge in [0.05, 0.1) is 5.69 Å². The Morgan fingerprint density at radius 3 is 2.83 bits per heavy atom. The summed E-state index contributed by atoms with van der Waals surface area (Å²) in [7, 11) is 0. The lowest BCUT2D eigenvalue weighted by Crippen LogP contribution is -2.43. The molecule has 1 fully saturated rings.